The van der Waals surface area contributed by atoms with Crippen LogP contribution in [-0.2, 0) is 14.8 Å². The Balaban J connectivity index is 3.60. The van der Waals surface area contributed by atoms with Crippen LogP contribution < -0.4 is 0 Å². The lowest BCUT2D eigenvalue weighted by molar-refractivity contribution is -0.117. The first-order valence-corrected chi connectivity index (χ1v) is 6.37. The van der Waals surface area contributed by atoms with E-state index < -0.39 is 10.0 Å². The Morgan fingerprint density at radius 1 is 1.14 bits per heavy atom. The topological polar surface area (TPSA) is 54.5 Å². The zero-order valence-electron chi connectivity index (χ0n) is 9.12. The maximum absolute atomic E-state index is 11.3. The van der Waals surface area contributed by atoms with E-state index in [9.17, 15) is 13.2 Å². The molecule has 0 aromatic rings. The molecule has 0 aliphatic rings. The lowest BCUT2D eigenvalue weighted by Crippen LogP contribution is -2.25. The first kappa shape index (κ1) is 13.6. The Kier molecular flexibility index (Phi) is 5.95. The number of Topliss-reactive ketones (excluding diaryl/α,β-unsaturated/α-hetero) is 1. The highest BCUT2D eigenvalue weighted by molar-refractivity contribution is 7.89. The summed E-state index contributed by atoms with van der Waals surface area (Å²) in [5.41, 5.74) is 0. The van der Waals surface area contributed by atoms with Crippen LogP contribution in [0.1, 0.15) is 32.6 Å². The molecule has 0 N–H and O–H groups in total. The summed E-state index contributed by atoms with van der Waals surface area (Å²) in [6.45, 7) is 1.55. The second-order valence-electron chi connectivity index (χ2n) is 3.61. The highest BCUT2D eigenvalue weighted by Gasteiger charge is 2.12. The predicted octanol–water partition coefficient (Wildman–Crippen LogP) is 1.03. The molecule has 0 saturated carbocycles. The molecule has 0 unspecified atom stereocenters. The first-order chi connectivity index (χ1) is 6.36. The summed E-state index contributed by atoms with van der Waals surface area (Å²) >= 11 is 0. The van der Waals surface area contributed by atoms with Crippen LogP contribution in [0.15, 0.2) is 0 Å². The smallest absolute Gasteiger partial charge is 0.213 e. The van der Waals surface area contributed by atoms with Gasteiger partial charge in [0, 0.05) is 20.5 Å². The van der Waals surface area contributed by atoms with Gasteiger partial charge in [0.15, 0.2) is 0 Å². The van der Waals surface area contributed by atoms with Crippen molar-refractivity contribution < 1.29 is 13.2 Å². The highest BCUT2D eigenvalue weighted by Crippen LogP contribution is 2.04. The van der Waals surface area contributed by atoms with E-state index in [2.05, 4.69) is 0 Å². The van der Waals surface area contributed by atoms with Crippen molar-refractivity contribution in [3.8, 4) is 0 Å². The molecule has 0 amide bonds. The fourth-order valence-electron chi connectivity index (χ4n) is 1.02. The van der Waals surface area contributed by atoms with Gasteiger partial charge in [0.2, 0.25) is 10.0 Å². The van der Waals surface area contributed by atoms with Gasteiger partial charge < -0.3 is 4.79 Å². The summed E-state index contributed by atoms with van der Waals surface area (Å²) in [7, 11) is 0.0148. The molecule has 0 aromatic heterocycles. The lowest BCUT2D eigenvalue weighted by Gasteiger charge is -2.10. The standard InChI is InChI=1S/C9H19NO3S/c1-9(11)7-5-4-6-8-14(12,13)10(2)3/h4-8H2,1-3H3. The molecule has 0 bridgehead atoms. The van der Waals surface area contributed by atoms with E-state index in [1.165, 1.54) is 18.4 Å². The minimum Gasteiger partial charge on any atom is -0.300 e. The number of ketones is 1. The van der Waals surface area contributed by atoms with Gasteiger partial charge in [0.05, 0.1) is 5.75 Å². The van der Waals surface area contributed by atoms with Gasteiger partial charge in [-0.2, -0.15) is 0 Å². The molecule has 0 heterocycles. The van der Waals surface area contributed by atoms with E-state index >= 15 is 0 Å². The third-order valence-electron chi connectivity index (χ3n) is 1.99. The zero-order valence-corrected chi connectivity index (χ0v) is 9.93. The highest BCUT2D eigenvalue weighted by atomic mass is 32.2. The van der Waals surface area contributed by atoms with E-state index in [4.69, 9.17) is 0 Å². The molecule has 0 fully saturated rings. The maximum Gasteiger partial charge on any atom is 0.213 e. The molecule has 4 nitrogen and oxygen atoms in total. The number of hydrogen-bond acceptors (Lipinski definition) is 3. The SMILES string of the molecule is CC(=O)CCCCCS(=O)(=O)N(C)C. The number of unbranched alkanes of at least 4 members (excludes halogenated alkanes) is 2. The minimum absolute atomic E-state index is 0.167. The fourth-order valence-corrected chi connectivity index (χ4v) is 1.95. The largest absolute Gasteiger partial charge is 0.300 e. The second kappa shape index (κ2) is 6.14. The quantitative estimate of drug-likeness (QED) is 0.603. The lowest BCUT2D eigenvalue weighted by atomic mass is 10.2. The average Bonchev–Trinajstić information content (AvgIpc) is 2.02. The molecule has 0 radical (unpaired) electrons. The van der Waals surface area contributed by atoms with Crippen molar-refractivity contribution in [3.63, 3.8) is 0 Å². The van der Waals surface area contributed by atoms with Gasteiger partial charge in [0.1, 0.15) is 5.78 Å². The van der Waals surface area contributed by atoms with Crippen LogP contribution in [0.3, 0.4) is 0 Å². The molecule has 84 valence electrons. The van der Waals surface area contributed by atoms with Gasteiger partial charge in [-0.25, -0.2) is 12.7 Å². The van der Waals surface area contributed by atoms with Crippen molar-refractivity contribution in [2.24, 2.45) is 0 Å². The Morgan fingerprint density at radius 2 is 1.71 bits per heavy atom. The number of carbonyl (C=O) groups excluding carboxylic acids is 1. The van der Waals surface area contributed by atoms with E-state index in [0.717, 1.165) is 12.8 Å². The van der Waals surface area contributed by atoms with Crippen LogP contribution in [0, 0.1) is 0 Å². The van der Waals surface area contributed by atoms with Crippen LogP contribution >= 0.6 is 0 Å². The fraction of sp³-hybridized carbons (Fsp3) is 0.889. The van der Waals surface area contributed by atoms with Crippen LogP contribution in [0.4, 0.5) is 0 Å². The van der Waals surface area contributed by atoms with E-state index in [0.29, 0.717) is 12.8 Å². The minimum atomic E-state index is -3.05. The van der Waals surface area contributed by atoms with Gasteiger partial charge in [-0.1, -0.05) is 6.42 Å². The molecule has 0 atom stereocenters. The Labute approximate surface area is 86.3 Å². The predicted molar refractivity (Wildman–Crippen MR) is 56.6 cm³/mol. The monoisotopic (exact) mass is 221 g/mol. The molecule has 0 aliphatic carbocycles. The van der Waals surface area contributed by atoms with Crippen molar-refractivity contribution in [3.05, 3.63) is 0 Å². The summed E-state index contributed by atoms with van der Waals surface area (Å²) in [4.78, 5) is 10.6. The Hall–Kier alpha value is -0.420. The molecule has 0 rings (SSSR count). The van der Waals surface area contributed by atoms with Crippen molar-refractivity contribution >= 4 is 15.8 Å². The van der Waals surface area contributed by atoms with Crippen LogP contribution in [-0.4, -0.2) is 38.4 Å². The molecular weight excluding hydrogens is 202 g/mol. The third-order valence-corrected chi connectivity index (χ3v) is 3.90. The summed E-state index contributed by atoms with van der Waals surface area (Å²) in [5.74, 6) is 0.346. The van der Waals surface area contributed by atoms with Crippen molar-refractivity contribution in [2.45, 2.75) is 32.6 Å². The molecule has 0 spiro atoms. The summed E-state index contributed by atoms with van der Waals surface area (Å²) in [5, 5.41) is 0. The van der Waals surface area contributed by atoms with Gasteiger partial charge in [-0.3, -0.25) is 0 Å². The van der Waals surface area contributed by atoms with Crippen LogP contribution in [0.25, 0.3) is 0 Å². The molecule has 5 heteroatoms. The number of hydrogen-bond donors (Lipinski definition) is 0. The van der Waals surface area contributed by atoms with Crippen molar-refractivity contribution in [1.29, 1.82) is 0 Å². The normalized spacial score (nSPS) is 12.0. The Morgan fingerprint density at radius 3 is 2.14 bits per heavy atom. The molecular formula is C9H19NO3S. The average molecular weight is 221 g/mol. The number of sulfonamides is 1. The van der Waals surface area contributed by atoms with E-state index in [1.54, 1.807) is 6.92 Å². The number of rotatable bonds is 7. The zero-order chi connectivity index (χ0) is 11.2. The van der Waals surface area contributed by atoms with Crippen molar-refractivity contribution in [2.75, 3.05) is 19.8 Å². The summed E-state index contributed by atoms with van der Waals surface area (Å²) in [6, 6.07) is 0. The Bertz CT molecular complexity index is 270. The maximum atomic E-state index is 11.3. The summed E-state index contributed by atoms with van der Waals surface area (Å²) < 4.78 is 23.8. The molecule has 0 aliphatic heterocycles. The van der Waals surface area contributed by atoms with Crippen LogP contribution in [0.5, 0.6) is 0 Å². The molecule has 0 aromatic carbocycles. The second-order valence-corrected chi connectivity index (χ2v) is 5.91. The van der Waals surface area contributed by atoms with E-state index in [1.807, 2.05) is 0 Å². The van der Waals surface area contributed by atoms with E-state index in [-0.39, 0.29) is 11.5 Å². The molecule has 14 heavy (non-hydrogen) atoms. The van der Waals surface area contributed by atoms with Gasteiger partial charge in [-0.15, -0.1) is 0 Å². The van der Waals surface area contributed by atoms with Gasteiger partial charge >= 0.3 is 0 Å². The van der Waals surface area contributed by atoms with Gasteiger partial charge in [0.25, 0.3) is 0 Å². The first-order valence-electron chi connectivity index (χ1n) is 4.76. The van der Waals surface area contributed by atoms with Gasteiger partial charge in [-0.05, 0) is 19.8 Å². The van der Waals surface area contributed by atoms with Crippen LogP contribution in [0.2, 0.25) is 0 Å². The van der Waals surface area contributed by atoms with Crippen molar-refractivity contribution in [1.82, 2.24) is 4.31 Å². The number of nitrogens with zero attached hydrogens (tertiary/aromatic N) is 1. The number of carbonyl (C=O) groups is 1. The summed E-state index contributed by atoms with van der Waals surface area (Å²) in [6.07, 6.45) is 2.78. The third kappa shape index (κ3) is 6.10. The molecule has 0 saturated heterocycles.